The minimum absolute atomic E-state index is 0.197. The van der Waals surface area contributed by atoms with Gasteiger partial charge in [0.2, 0.25) is 0 Å². The van der Waals surface area contributed by atoms with Gasteiger partial charge in [0.1, 0.15) is 29.9 Å². The van der Waals surface area contributed by atoms with Gasteiger partial charge in [0, 0.05) is 41.7 Å². The molecule has 1 saturated heterocycles. The van der Waals surface area contributed by atoms with Crippen molar-refractivity contribution in [2.45, 2.75) is 61.6 Å². The summed E-state index contributed by atoms with van der Waals surface area (Å²) in [6, 6.07) is 0.0331. The summed E-state index contributed by atoms with van der Waals surface area (Å²) >= 11 is 4.65. The molecule has 1 aliphatic heterocycles. The number of halogens is 4. The molecule has 1 N–H and O–H groups in total. The fourth-order valence-corrected chi connectivity index (χ4v) is 6.47. The van der Waals surface area contributed by atoms with E-state index in [1.165, 1.54) is 22.3 Å². The average molecular weight is 696 g/mol. The summed E-state index contributed by atoms with van der Waals surface area (Å²) in [5.41, 5.74) is -1.72. The van der Waals surface area contributed by atoms with Gasteiger partial charge in [-0.15, -0.1) is 5.10 Å². The SMILES string of the molecule is CC(=O)OC[C@H]1O[C@H](Sc2cnc(C(F)(F)F)c(Br)c2)[C@H](OC(C)=O)[C@@H](n2cc(-c3csc(=O)[nH]3)nn2)[C@H]1OC(C)=O. The first-order valence-corrected chi connectivity index (χ1v) is 14.4. The predicted molar refractivity (Wildman–Crippen MR) is 142 cm³/mol. The topological polar surface area (TPSA) is 165 Å². The Hall–Kier alpha value is -3.29. The van der Waals surface area contributed by atoms with Gasteiger partial charge < -0.3 is 23.9 Å². The highest BCUT2D eigenvalue weighted by Gasteiger charge is 2.52. The van der Waals surface area contributed by atoms with E-state index in [-0.39, 0.29) is 19.9 Å². The number of aromatic nitrogens is 5. The molecule has 0 spiro atoms. The molecule has 42 heavy (non-hydrogen) atoms. The molecule has 19 heteroatoms. The van der Waals surface area contributed by atoms with Crippen LogP contribution in [0.1, 0.15) is 32.5 Å². The Morgan fingerprint density at radius 1 is 1.17 bits per heavy atom. The average Bonchev–Trinajstić information content (AvgIpc) is 3.52. The number of nitrogens with zero attached hydrogens (tertiary/aromatic N) is 4. The second-order valence-electron chi connectivity index (χ2n) is 8.75. The molecule has 3 aromatic heterocycles. The maximum Gasteiger partial charge on any atom is 0.434 e. The van der Waals surface area contributed by atoms with Crippen molar-refractivity contribution in [2.75, 3.05) is 6.61 Å². The predicted octanol–water partition coefficient (Wildman–Crippen LogP) is 3.36. The van der Waals surface area contributed by atoms with E-state index in [1.807, 2.05) is 0 Å². The monoisotopic (exact) mass is 695 g/mol. The van der Waals surface area contributed by atoms with Crippen LogP contribution in [0.25, 0.3) is 11.4 Å². The van der Waals surface area contributed by atoms with Crippen LogP contribution in [0.15, 0.2) is 38.0 Å². The summed E-state index contributed by atoms with van der Waals surface area (Å²) in [7, 11) is 0. The number of carbonyl (C=O) groups is 3. The molecule has 1 aliphatic rings. The van der Waals surface area contributed by atoms with E-state index in [0.29, 0.717) is 5.69 Å². The molecule has 0 saturated carbocycles. The number of ether oxygens (including phenoxy) is 4. The lowest BCUT2D eigenvalue weighted by atomic mass is 9.96. The third-order valence-electron chi connectivity index (χ3n) is 5.62. The Bertz CT molecular complexity index is 1530. The van der Waals surface area contributed by atoms with Gasteiger partial charge in [-0.3, -0.25) is 19.2 Å². The Morgan fingerprint density at radius 3 is 2.43 bits per heavy atom. The van der Waals surface area contributed by atoms with Crippen molar-refractivity contribution in [3.05, 3.63) is 43.7 Å². The standard InChI is InChI=1S/C23H21BrF3N5O8S2/c1-9(33)37-7-16-18(38-10(2)34)17(32-6-14(30-31-32)15-8-41-22(36)29-15)19(39-11(3)35)21(40-16)42-12-4-13(24)20(28-5-12)23(25,26)27/h4-6,8,16-19,21H,7H2,1-3H3,(H,29,36)/t16-,17+,18+,19-,21-/m1/s1. The van der Waals surface area contributed by atoms with Gasteiger partial charge in [-0.05, 0) is 22.0 Å². The van der Waals surface area contributed by atoms with Crippen LogP contribution in [0.5, 0.6) is 0 Å². The van der Waals surface area contributed by atoms with Crippen molar-refractivity contribution in [2.24, 2.45) is 0 Å². The van der Waals surface area contributed by atoms with Crippen molar-refractivity contribution in [1.29, 1.82) is 0 Å². The third kappa shape index (κ3) is 7.56. The molecule has 0 amide bonds. The molecular weight excluding hydrogens is 675 g/mol. The summed E-state index contributed by atoms with van der Waals surface area (Å²) in [5.74, 6) is -2.16. The normalized spacial score (nSPS) is 22.4. The quantitative estimate of drug-likeness (QED) is 0.270. The number of hydrogen-bond donors (Lipinski definition) is 1. The summed E-state index contributed by atoms with van der Waals surface area (Å²) in [6.07, 6.45) is -5.99. The second kappa shape index (κ2) is 12.9. The van der Waals surface area contributed by atoms with Crippen molar-refractivity contribution < 1.29 is 46.5 Å². The number of hydrogen-bond acceptors (Lipinski definition) is 13. The molecule has 3 aromatic rings. The first-order chi connectivity index (χ1) is 19.7. The highest BCUT2D eigenvalue weighted by atomic mass is 79.9. The van der Waals surface area contributed by atoms with Crippen LogP contribution in [-0.4, -0.2) is 73.2 Å². The van der Waals surface area contributed by atoms with E-state index in [1.54, 1.807) is 0 Å². The fraction of sp³-hybridized carbons (Fsp3) is 0.435. The zero-order valence-corrected chi connectivity index (χ0v) is 25.0. The van der Waals surface area contributed by atoms with E-state index in [4.69, 9.17) is 18.9 Å². The van der Waals surface area contributed by atoms with Gasteiger partial charge in [-0.2, -0.15) is 13.2 Å². The van der Waals surface area contributed by atoms with Crippen molar-refractivity contribution in [1.82, 2.24) is 25.0 Å². The van der Waals surface area contributed by atoms with E-state index in [0.717, 1.165) is 50.1 Å². The molecule has 226 valence electrons. The number of aromatic amines is 1. The van der Waals surface area contributed by atoms with Gasteiger partial charge in [-0.1, -0.05) is 28.3 Å². The van der Waals surface area contributed by atoms with E-state index in [2.05, 4.69) is 36.2 Å². The second-order valence-corrected chi connectivity index (χ2v) is 11.6. The fourth-order valence-electron chi connectivity index (χ4n) is 4.06. The molecule has 5 atom stereocenters. The lowest BCUT2D eigenvalue weighted by Crippen LogP contribution is -2.57. The molecule has 0 unspecified atom stereocenters. The van der Waals surface area contributed by atoms with E-state index in [9.17, 15) is 32.3 Å². The lowest BCUT2D eigenvalue weighted by Gasteiger charge is -2.44. The Balaban J connectivity index is 1.79. The number of thioether (sulfide) groups is 1. The molecule has 4 heterocycles. The third-order valence-corrected chi connectivity index (χ3v) is 8.00. The minimum atomic E-state index is -4.71. The van der Waals surface area contributed by atoms with Crippen LogP contribution in [0.2, 0.25) is 0 Å². The maximum atomic E-state index is 13.3. The van der Waals surface area contributed by atoms with Crippen LogP contribution >= 0.6 is 39.0 Å². The maximum absolute atomic E-state index is 13.3. The zero-order valence-electron chi connectivity index (χ0n) is 21.8. The molecule has 0 radical (unpaired) electrons. The Kier molecular flexibility index (Phi) is 9.74. The highest BCUT2D eigenvalue weighted by Crippen LogP contribution is 2.43. The van der Waals surface area contributed by atoms with Crippen LogP contribution in [0.4, 0.5) is 13.2 Å². The first-order valence-electron chi connectivity index (χ1n) is 11.9. The van der Waals surface area contributed by atoms with Crippen LogP contribution in [-0.2, 0) is 39.5 Å². The van der Waals surface area contributed by atoms with E-state index >= 15 is 0 Å². The Morgan fingerprint density at radius 2 is 1.86 bits per heavy atom. The highest BCUT2D eigenvalue weighted by molar-refractivity contribution is 9.10. The molecule has 0 aliphatic carbocycles. The lowest BCUT2D eigenvalue weighted by molar-refractivity contribution is -0.212. The number of alkyl halides is 3. The van der Waals surface area contributed by atoms with Gasteiger partial charge >= 0.3 is 29.0 Å². The Labute approximate surface area is 251 Å². The van der Waals surface area contributed by atoms with Crippen molar-refractivity contribution in [3.63, 3.8) is 0 Å². The van der Waals surface area contributed by atoms with Crippen molar-refractivity contribution >= 4 is 56.9 Å². The van der Waals surface area contributed by atoms with Gasteiger partial charge in [0.15, 0.2) is 17.9 Å². The molecule has 4 rings (SSSR count). The largest absolute Gasteiger partial charge is 0.463 e. The smallest absolute Gasteiger partial charge is 0.434 e. The van der Waals surface area contributed by atoms with Gasteiger partial charge in [0.05, 0.1) is 11.9 Å². The number of thiazole rings is 1. The van der Waals surface area contributed by atoms with Crippen LogP contribution in [0.3, 0.4) is 0 Å². The number of carbonyl (C=O) groups excluding carboxylic acids is 3. The molecular formula is C23H21BrF3N5O8S2. The zero-order chi connectivity index (χ0) is 30.8. The summed E-state index contributed by atoms with van der Waals surface area (Å²) in [5, 5.41) is 9.70. The summed E-state index contributed by atoms with van der Waals surface area (Å²) in [4.78, 5) is 53.7. The molecule has 0 aromatic carbocycles. The van der Waals surface area contributed by atoms with Gasteiger partial charge in [0.25, 0.3) is 0 Å². The number of pyridine rings is 1. The van der Waals surface area contributed by atoms with E-state index < -0.39 is 66.2 Å². The molecule has 1 fully saturated rings. The van der Waals surface area contributed by atoms with Crippen molar-refractivity contribution in [3.8, 4) is 11.4 Å². The number of H-pyrrole nitrogens is 1. The minimum Gasteiger partial charge on any atom is -0.463 e. The van der Waals surface area contributed by atoms with Crippen LogP contribution < -0.4 is 4.87 Å². The number of rotatable bonds is 8. The molecule has 0 bridgehead atoms. The summed E-state index contributed by atoms with van der Waals surface area (Å²) in [6.45, 7) is 3.02. The number of esters is 3. The van der Waals surface area contributed by atoms with Gasteiger partial charge in [-0.25, -0.2) is 9.67 Å². The number of nitrogens with one attached hydrogen (secondary N) is 1. The van der Waals surface area contributed by atoms with Crippen LogP contribution in [0, 0.1) is 0 Å². The first kappa shape index (κ1) is 31.6. The summed E-state index contributed by atoms with van der Waals surface area (Å²) < 4.78 is 63.1. The molecule has 13 nitrogen and oxygen atoms in total.